The van der Waals surface area contributed by atoms with Crippen molar-refractivity contribution in [3.63, 3.8) is 0 Å². The van der Waals surface area contributed by atoms with Crippen LogP contribution in [0.2, 0.25) is 5.02 Å². The van der Waals surface area contributed by atoms with Gasteiger partial charge < -0.3 is 10.6 Å². The first-order chi connectivity index (χ1) is 8.50. The van der Waals surface area contributed by atoms with E-state index in [0.717, 1.165) is 24.7 Å². The standard InChI is InChI=1S/C13H23ClN4/c1-9(10-4-5-10)12(15)13-11(14)8-16-18(13)7-6-17(2)3/h8-10,12H,4-7,15H2,1-3H3. The van der Waals surface area contributed by atoms with E-state index >= 15 is 0 Å². The van der Waals surface area contributed by atoms with Crippen LogP contribution in [0.15, 0.2) is 6.20 Å². The Balaban J connectivity index is 2.11. The van der Waals surface area contributed by atoms with E-state index in [4.69, 9.17) is 17.3 Å². The highest BCUT2D eigenvalue weighted by Gasteiger charge is 2.34. The topological polar surface area (TPSA) is 47.1 Å². The Morgan fingerprint density at radius 3 is 2.78 bits per heavy atom. The summed E-state index contributed by atoms with van der Waals surface area (Å²) in [5.41, 5.74) is 7.37. The number of hydrogen-bond acceptors (Lipinski definition) is 3. The van der Waals surface area contributed by atoms with Crippen LogP contribution in [0.4, 0.5) is 0 Å². The van der Waals surface area contributed by atoms with E-state index < -0.39 is 0 Å². The third-order valence-corrected chi connectivity index (χ3v) is 4.13. The van der Waals surface area contributed by atoms with Gasteiger partial charge in [0, 0.05) is 6.54 Å². The molecule has 0 spiro atoms. The quantitative estimate of drug-likeness (QED) is 0.862. The molecule has 1 aliphatic rings. The fourth-order valence-electron chi connectivity index (χ4n) is 2.34. The number of nitrogens with two attached hydrogens (primary N) is 1. The summed E-state index contributed by atoms with van der Waals surface area (Å²) in [6.07, 6.45) is 4.32. The van der Waals surface area contributed by atoms with Gasteiger partial charge in [0.15, 0.2) is 0 Å². The van der Waals surface area contributed by atoms with Crippen molar-refractivity contribution in [2.24, 2.45) is 17.6 Å². The maximum absolute atomic E-state index is 6.37. The predicted octanol–water partition coefficient (Wildman–Crippen LogP) is 2.14. The number of hydrogen-bond donors (Lipinski definition) is 1. The Morgan fingerprint density at radius 1 is 1.56 bits per heavy atom. The Bertz CT molecular complexity index is 398. The van der Waals surface area contributed by atoms with E-state index in [0.29, 0.717) is 10.9 Å². The van der Waals surface area contributed by atoms with Crippen molar-refractivity contribution in [3.05, 3.63) is 16.9 Å². The Morgan fingerprint density at radius 2 is 2.22 bits per heavy atom. The molecule has 1 heterocycles. The van der Waals surface area contributed by atoms with Crippen LogP contribution in [0.3, 0.4) is 0 Å². The maximum Gasteiger partial charge on any atom is 0.0834 e. The molecule has 1 aromatic heterocycles. The van der Waals surface area contributed by atoms with E-state index in [-0.39, 0.29) is 6.04 Å². The fraction of sp³-hybridized carbons (Fsp3) is 0.769. The van der Waals surface area contributed by atoms with Gasteiger partial charge in [-0.25, -0.2) is 0 Å². The lowest BCUT2D eigenvalue weighted by molar-refractivity contribution is 0.349. The van der Waals surface area contributed by atoms with Crippen molar-refractivity contribution in [1.82, 2.24) is 14.7 Å². The van der Waals surface area contributed by atoms with Crippen LogP contribution in [-0.4, -0.2) is 35.3 Å². The summed E-state index contributed by atoms with van der Waals surface area (Å²) in [7, 11) is 4.11. The number of likely N-dealkylation sites (N-methyl/N-ethyl adjacent to an activating group) is 1. The van der Waals surface area contributed by atoms with Crippen LogP contribution in [0.1, 0.15) is 31.5 Å². The zero-order valence-corrected chi connectivity index (χ0v) is 12.2. The molecule has 4 nitrogen and oxygen atoms in total. The summed E-state index contributed by atoms with van der Waals surface area (Å²) in [4.78, 5) is 2.13. The van der Waals surface area contributed by atoms with Crippen molar-refractivity contribution >= 4 is 11.6 Å². The van der Waals surface area contributed by atoms with Gasteiger partial charge in [0.25, 0.3) is 0 Å². The van der Waals surface area contributed by atoms with Crippen LogP contribution < -0.4 is 5.73 Å². The van der Waals surface area contributed by atoms with Gasteiger partial charge >= 0.3 is 0 Å². The van der Waals surface area contributed by atoms with E-state index in [1.165, 1.54) is 12.8 Å². The van der Waals surface area contributed by atoms with Gasteiger partial charge in [0.1, 0.15) is 0 Å². The van der Waals surface area contributed by atoms with Crippen LogP contribution in [-0.2, 0) is 6.54 Å². The number of aromatic nitrogens is 2. The van der Waals surface area contributed by atoms with Crippen LogP contribution in [0.5, 0.6) is 0 Å². The van der Waals surface area contributed by atoms with Crippen LogP contribution >= 0.6 is 11.6 Å². The first-order valence-corrected chi connectivity index (χ1v) is 7.00. The van der Waals surface area contributed by atoms with Crippen LogP contribution in [0.25, 0.3) is 0 Å². The highest BCUT2D eigenvalue weighted by atomic mass is 35.5. The van der Waals surface area contributed by atoms with E-state index in [9.17, 15) is 0 Å². The van der Waals surface area contributed by atoms with E-state index in [1.807, 2.05) is 4.68 Å². The summed E-state index contributed by atoms with van der Waals surface area (Å²) in [5.74, 6) is 1.26. The predicted molar refractivity (Wildman–Crippen MR) is 74.6 cm³/mol. The second kappa shape index (κ2) is 5.59. The molecule has 2 unspecified atom stereocenters. The molecule has 1 fully saturated rings. The first kappa shape index (κ1) is 13.8. The molecular formula is C13H23ClN4. The molecule has 0 saturated heterocycles. The average Bonchev–Trinajstić information content (AvgIpc) is 3.09. The minimum absolute atomic E-state index is 0.00494. The first-order valence-electron chi connectivity index (χ1n) is 6.62. The number of nitrogens with zero attached hydrogens (tertiary/aromatic N) is 3. The van der Waals surface area contributed by atoms with Crippen molar-refractivity contribution < 1.29 is 0 Å². The molecule has 18 heavy (non-hydrogen) atoms. The lowest BCUT2D eigenvalue weighted by Crippen LogP contribution is -2.27. The van der Waals surface area contributed by atoms with Gasteiger partial charge in [-0.05, 0) is 38.8 Å². The third kappa shape index (κ3) is 3.05. The zero-order valence-electron chi connectivity index (χ0n) is 11.4. The molecular weight excluding hydrogens is 248 g/mol. The molecule has 0 aliphatic heterocycles. The van der Waals surface area contributed by atoms with Crippen molar-refractivity contribution in [3.8, 4) is 0 Å². The fourth-order valence-corrected chi connectivity index (χ4v) is 2.61. The largest absolute Gasteiger partial charge is 0.322 e. The van der Waals surface area contributed by atoms with E-state index in [1.54, 1.807) is 6.20 Å². The molecule has 102 valence electrons. The smallest absolute Gasteiger partial charge is 0.0834 e. The lowest BCUT2D eigenvalue weighted by Gasteiger charge is -2.22. The van der Waals surface area contributed by atoms with Crippen LogP contribution in [0, 0.1) is 11.8 Å². The average molecular weight is 271 g/mol. The van der Waals surface area contributed by atoms with E-state index in [2.05, 4.69) is 31.0 Å². The summed E-state index contributed by atoms with van der Waals surface area (Å²) in [6, 6.07) is -0.00494. The normalized spacial score (nSPS) is 19.2. The third-order valence-electron chi connectivity index (χ3n) is 3.84. The van der Waals surface area contributed by atoms with Gasteiger partial charge in [-0.15, -0.1) is 0 Å². The molecule has 1 aromatic rings. The molecule has 0 radical (unpaired) electrons. The molecule has 1 saturated carbocycles. The SMILES string of the molecule is CC(C1CC1)C(N)c1c(Cl)cnn1CCN(C)C. The highest BCUT2D eigenvalue weighted by Crippen LogP contribution is 2.42. The molecule has 0 bridgehead atoms. The zero-order chi connectivity index (χ0) is 13.3. The summed E-state index contributed by atoms with van der Waals surface area (Å²) in [6.45, 7) is 4.00. The maximum atomic E-state index is 6.37. The molecule has 2 atom stereocenters. The molecule has 5 heteroatoms. The molecule has 2 N–H and O–H groups in total. The second-order valence-corrected chi connectivity index (χ2v) is 6.03. The Kier molecular flexibility index (Phi) is 4.30. The van der Waals surface area contributed by atoms with Gasteiger partial charge in [-0.1, -0.05) is 18.5 Å². The molecule has 2 rings (SSSR count). The van der Waals surface area contributed by atoms with Crippen molar-refractivity contribution in [2.75, 3.05) is 20.6 Å². The lowest BCUT2D eigenvalue weighted by atomic mass is 9.95. The van der Waals surface area contributed by atoms with Gasteiger partial charge in [0.05, 0.1) is 29.5 Å². The summed E-state index contributed by atoms with van der Waals surface area (Å²) < 4.78 is 1.96. The second-order valence-electron chi connectivity index (χ2n) is 5.63. The number of halogens is 1. The Labute approximate surface area is 114 Å². The molecule has 0 aromatic carbocycles. The Hall–Kier alpha value is -0.580. The van der Waals surface area contributed by atoms with Gasteiger partial charge in [-0.2, -0.15) is 5.10 Å². The van der Waals surface area contributed by atoms with Gasteiger partial charge in [0.2, 0.25) is 0 Å². The summed E-state index contributed by atoms with van der Waals surface area (Å²) >= 11 is 6.25. The van der Waals surface area contributed by atoms with Crippen molar-refractivity contribution in [1.29, 1.82) is 0 Å². The summed E-state index contributed by atoms with van der Waals surface area (Å²) in [5, 5.41) is 5.05. The number of rotatable bonds is 6. The minimum Gasteiger partial charge on any atom is -0.322 e. The van der Waals surface area contributed by atoms with Crippen molar-refractivity contribution in [2.45, 2.75) is 32.4 Å². The molecule has 1 aliphatic carbocycles. The monoisotopic (exact) mass is 270 g/mol. The molecule has 0 amide bonds. The minimum atomic E-state index is -0.00494. The van der Waals surface area contributed by atoms with Gasteiger partial charge in [-0.3, -0.25) is 4.68 Å². The highest BCUT2D eigenvalue weighted by molar-refractivity contribution is 6.31.